The minimum atomic E-state index is 0.141. The van der Waals surface area contributed by atoms with Crippen molar-refractivity contribution < 1.29 is 4.74 Å². The summed E-state index contributed by atoms with van der Waals surface area (Å²) >= 11 is 0. The largest absolute Gasteiger partial charge is 0.497 e. The van der Waals surface area contributed by atoms with Gasteiger partial charge in [0.05, 0.1) is 7.11 Å². The number of methoxy groups -OCH3 is 1. The van der Waals surface area contributed by atoms with Gasteiger partial charge in [0, 0.05) is 12.5 Å². The van der Waals surface area contributed by atoms with Gasteiger partial charge in [-0.25, -0.2) is 0 Å². The first-order chi connectivity index (χ1) is 8.35. The second kappa shape index (κ2) is 5.51. The molecule has 2 heteroatoms. The number of hydrogen-bond acceptors (Lipinski definition) is 1. The molecule has 0 bridgehead atoms. The lowest BCUT2D eigenvalue weighted by molar-refractivity contribution is 0.414. The summed E-state index contributed by atoms with van der Waals surface area (Å²) in [4.78, 5) is 0. The van der Waals surface area contributed by atoms with Gasteiger partial charge in [-0.2, -0.15) is 0 Å². The fourth-order valence-electron chi connectivity index (χ4n) is 1.95. The summed E-state index contributed by atoms with van der Waals surface area (Å²) in [5.74, 6) is 0.993. The monoisotopic (exact) mass is 226 g/mol. The van der Waals surface area contributed by atoms with Crippen molar-refractivity contribution in [3.05, 3.63) is 65.7 Å². The Morgan fingerprint density at radius 1 is 0.941 bits per heavy atom. The van der Waals surface area contributed by atoms with E-state index in [4.69, 9.17) is 10.5 Å². The van der Waals surface area contributed by atoms with Crippen molar-refractivity contribution in [1.82, 2.24) is 5.73 Å². The first kappa shape index (κ1) is 11.7. The normalized spacial score (nSPS) is 12.1. The van der Waals surface area contributed by atoms with Gasteiger partial charge in [-0.15, -0.1) is 0 Å². The van der Waals surface area contributed by atoms with Crippen LogP contribution in [0.1, 0.15) is 17.0 Å². The maximum absolute atomic E-state index is 7.70. The van der Waals surface area contributed by atoms with Gasteiger partial charge in [0.2, 0.25) is 0 Å². The van der Waals surface area contributed by atoms with Crippen molar-refractivity contribution in [2.24, 2.45) is 0 Å². The summed E-state index contributed by atoms with van der Waals surface area (Å²) in [6.45, 7) is 0.357. The molecule has 2 aromatic carbocycles. The molecule has 2 nitrogen and oxygen atoms in total. The molecule has 0 aliphatic carbocycles. The van der Waals surface area contributed by atoms with Gasteiger partial charge in [0.25, 0.3) is 0 Å². The molecule has 0 aromatic heterocycles. The van der Waals surface area contributed by atoms with Crippen molar-refractivity contribution in [3.63, 3.8) is 0 Å². The zero-order valence-electron chi connectivity index (χ0n) is 9.89. The average Bonchev–Trinajstić information content (AvgIpc) is 2.42. The van der Waals surface area contributed by atoms with Crippen LogP contribution in [0.4, 0.5) is 0 Å². The Morgan fingerprint density at radius 3 is 2.06 bits per heavy atom. The fourth-order valence-corrected chi connectivity index (χ4v) is 1.95. The van der Waals surface area contributed by atoms with Crippen LogP contribution >= 0.6 is 0 Å². The van der Waals surface area contributed by atoms with Gasteiger partial charge in [-0.1, -0.05) is 42.5 Å². The fraction of sp³-hybridized carbons (Fsp3) is 0.200. The third-order valence-electron chi connectivity index (χ3n) is 2.92. The molecule has 1 unspecified atom stereocenters. The van der Waals surface area contributed by atoms with E-state index in [0.29, 0.717) is 6.54 Å². The molecule has 0 saturated carbocycles. The van der Waals surface area contributed by atoms with Crippen LogP contribution in [0.3, 0.4) is 0 Å². The Bertz CT molecular complexity index is 450. The first-order valence-electron chi connectivity index (χ1n) is 5.68. The van der Waals surface area contributed by atoms with E-state index in [2.05, 4.69) is 12.1 Å². The number of rotatable bonds is 4. The zero-order valence-corrected chi connectivity index (χ0v) is 9.89. The van der Waals surface area contributed by atoms with Crippen LogP contribution < -0.4 is 10.5 Å². The molecule has 0 amide bonds. The number of nitrogens with one attached hydrogen (secondary N) is 1. The summed E-state index contributed by atoms with van der Waals surface area (Å²) in [5, 5.41) is 0. The van der Waals surface area contributed by atoms with Gasteiger partial charge < -0.3 is 4.74 Å². The van der Waals surface area contributed by atoms with Crippen LogP contribution in [0, 0.1) is 0 Å². The highest BCUT2D eigenvalue weighted by Gasteiger charge is 2.11. The predicted octanol–water partition coefficient (Wildman–Crippen LogP) is 3.11. The molecule has 1 atom stereocenters. The minimum Gasteiger partial charge on any atom is -0.497 e. The lowest BCUT2D eigenvalue weighted by atomic mass is 9.91. The van der Waals surface area contributed by atoms with E-state index in [1.54, 1.807) is 7.11 Å². The Hall–Kier alpha value is -1.80. The molecular formula is C15H16NO. The topological polar surface area (TPSA) is 33.0 Å². The van der Waals surface area contributed by atoms with E-state index < -0.39 is 0 Å². The van der Waals surface area contributed by atoms with Crippen molar-refractivity contribution >= 4 is 0 Å². The quantitative estimate of drug-likeness (QED) is 0.788. The molecule has 1 N–H and O–H groups in total. The van der Waals surface area contributed by atoms with Crippen LogP contribution in [-0.4, -0.2) is 13.7 Å². The molecule has 0 aliphatic rings. The molecule has 87 valence electrons. The van der Waals surface area contributed by atoms with Crippen LogP contribution in [0.25, 0.3) is 0 Å². The molecule has 2 rings (SSSR count). The maximum Gasteiger partial charge on any atom is 0.118 e. The van der Waals surface area contributed by atoms with E-state index in [0.717, 1.165) is 11.3 Å². The molecule has 1 radical (unpaired) electrons. The Kier molecular flexibility index (Phi) is 3.78. The van der Waals surface area contributed by atoms with Gasteiger partial charge >= 0.3 is 0 Å². The lowest BCUT2D eigenvalue weighted by Crippen LogP contribution is -2.06. The summed E-state index contributed by atoms with van der Waals surface area (Å²) < 4.78 is 5.14. The average molecular weight is 226 g/mol. The highest BCUT2D eigenvalue weighted by atomic mass is 16.5. The van der Waals surface area contributed by atoms with Crippen molar-refractivity contribution in [3.8, 4) is 5.75 Å². The Morgan fingerprint density at radius 2 is 1.53 bits per heavy atom. The van der Waals surface area contributed by atoms with E-state index in [9.17, 15) is 0 Å². The predicted molar refractivity (Wildman–Crippen MR) is 69.2 cm³/mol. The molecule has 0 spiro atoms. The van der Waals surface area contributed by atoms with Crippen LogP contribution in [0.15, 0.2) is 54.6 Å². The van der Waals surface area contributed by atoms with E-state index in [1.807, 2.05) is 42.5 Å². The smallest absolute Gasteiger partial charge is 0.118 e. The SMILES string of the molecule is COc1ccc(C(C[NH])c2ccccc2)cc1. The second-order valence-electron chi connectivity index (χ2n) is 3.94. The lowest BCUT2D eigenvalue weighted by Gasteiger charge is -2.15. The maximum atomic E-state index is 7.70. The number of hydrogen-bond donors (Lipinski definition) is 0. The van der Waals surface area contributed by atoms with Crippen LogP contribution in [-0.2, 0) is 0 Å². The molecule has 0 aliphatic heterocycles. The van der Waals surface area contributed by atoms with Crippen LogP contribution in [0.5, 0.6) is 5.75 Å². The molecule has 0 saturated heterocycles. The molecule has 17 heavy (non-hydrogen) atoms. The Labute approximate surface area is 102 Å². The number of benzene rings is 2. The minimum absolute atomic E-state index is 0.141. The van der Waals surface area contributed by atoms with Crippen LogP contribution in [0.2, 0.25) is 0 Å². The molecule has 2 aromatic rings. The summed E-state index contributed by atoms with van der Waals surface area (Å²) in [5.41, 5.74) is 10.0. The van der Waals surface area contributed by atoms with E-state index >= 15 is 0 Å². The highest BCUT2D eigenvalue weighted by Crippen LogP contribution is 2.25. The number of ether oxygens (including phenoxy) is 1. The zero-order chi connectivity index (χ0) is 12.1. The third kappa shape index (κ3) is 2.66. The van der Waals surface area contributed by atoms with E-state index in [1.165, 1.54) is 5.56 Å². The second-order valence-corrected chi connectivity index (χ2v) is 3.94. The summed E-state index contributed by atoms with van der Waals surface area (Å²) in [7, 11) is 1.66. The van der Waals surface area contributed by atoms with Gasteiger partial charge in [-0.05, 0) is 23.3 Å². The van der Waals surface area contributed by atoms with Gasteiger partial charge in [0.1, 0.15) is 5.75 Å². The summed E-state index contributed by atoms with van der Waals surface area (Å²) in [6, 6.07) is 18.1. The third-order valence-corrected chi connectivity index (χ3v) is 2.92. The first-order valence-corrected chi connectivity index (χ1v) is 5.68. The highest BCUT2D eigenvalue weighted by molar-refractivity contribution is 5.36. The van der Waals surface area contributed by atoms with Crippen molar-refractivity contribution in [2.75, 3.05) is 13.7 Å². The molecule has 0 heterocycles. The Balaban J connectivity index is 2.29. The van der Waals surface area contributed by atoms with Gasteiger partial charge in [-0.3, -0.25) is 5.73 Å². The van der Waals surface area contributed by atoms with Gasteiger partial charge in [0.15, 0.2) is 0 Å². The molecule has 0 fully saturated rings. The van der Waals surface area contributed by atoms with E-state index in [-0.39, 0.29) is 5.92 Å². The van der Waals surface area contributed by atoms with Crippen molar-refractivity contribution in [2.45, 2.75) is 5.92 Å². The van der Waals surface area contributed by atoms with Crippen molar-refractivity contribution in [1.29, 1.82) is 0 Å². The summed E-state index contributed by atoms with van der Waals surface area (Å²) in [6.07, 6.45) is 0. The molecular weight excluding hydrogens is 210 g/mol. The standard InChI is InChI=1S/C15H16NO/c1-17-14-9-7-13(8-10-14)15(11-16)12-5-3-2-4-6-12/h2-10,15-16H,11H2,1H3.